The lowest BCUT2D eigenvalue weighted by molar-refractivity contribution is 0.0956. The second kappa shape index (κ2) is 8.96. The Balaban J connectivity index is 1.65. The Morgan fingerprint density at radius 3 is 2.53 bits per heavy atom. The number of hydrogen-bond acceptors (Lipinski definition) is 3. The molecule has 30 heavy (non-hydrogen) atoms. The van der Waals surface area contributed by atoms with Crippen LogP contribution in [-0.2, 0) is 0 Å². The number of nitrogens with zero attached hydrogens (tertiary/aromatic N) is 1. The lowest BCUT2D eigenvalue weighted by atomic mass is 9.90. The Kier molecular flexibility index (Phi) is 6.32. The Hall–Kier alpha value is -2.09. The van der Waals surface area contributed by atoms with Crippen LogP contribution in [0.5, 0.6) is 0 Å². The SMILES string of the molecule is CN(C)c1ccc([C@H](CNC(=O)c2cc(Br)c(Br)s2)c2c[nH]c3ccccc23)cc1. The van der Waals surface area contributed by atoms with Crippen LogP contribution in [0.25, 0.3) is 10.9 Å². The number of H-pyrrole nitrogens is 1. The van der Waals surface area contributed by atoms with Crippen LogP contribution in [0.1, 0.15) is 26.7 Å². The van der Waals surface area contributed by atoms with E-state index in [2.05, 4.69) is 89.7 Å². The molecule has 4 aromatic rings. The van der Waals surface area contributed by atoms with Crippen molar-refractivity contribution >= 4 is 65.7 Å². The molecule has 0 aliphatic rings. The summed E-state index contributed by atoms with van der Waals surface area (Å²) in [7, 11) is 4.06. The zero-order valence-electron chi connectivity index (χ0n) is 16.6. The number of fused-ring (bicyclic) bond motifs is 1. The van der Waals surface area contributed by atoms with Gasteiger partial charge in [0.25, 0.3) is 5.91 Å². The van der Waals surface area contributed by atoms with Crippen molar-refractivity contribution in [3.05, 3.63) is 85.1 Å². The molecule has 2 heterocycles. The second-order valence-corrected chi connectivity index (χ2v) is 10.5. The van der Waals surface area contributed by atoms with E-state index < -0.39 is 0 Å². The number of hydrogen-bond donors (Lipinski definition) is 2. The van der Waals surface area contributed by atoms with Crippen LogP contribution in [0, 0.1) is 0 Å². The number of rotatable bonds is 6. The zero-order valence-corrected chi connectivity index (χ0v) is 20.6. The van der Waals surface area contributed by atoms with Crippen LogP contribution in [0.4, 0.5) is 5.69 Å². The fourth-order valence-electron chi connectivity index (χ4n) is 3.53. The Bertz CT molecular complexity index is 1160. The van der Waals surface area contributed by atoms with Gasteiger partial charge < -0.3 is 15.2 Å². The molecule has 0 aliphatic carbocycles. The third-order valence-corrected chi connectivity index (χ3v) is 8.40. The first kappa shape index (κ1) is 21.2. The number of carbonyl (C=O) groups excluding carboxylic acids is 1. The topological polar surface area (TPSA) is 48.1 Å². The molecule has 0 spiro atoms. The van der Waals surface area contributed by atoms with Gasteiger partial charge in [-0.1, -0.05) is 30.3 Å². The number of benzene rings is 2. The molecule has 0 radical (unpaired) electrons. The van der Waals surface area contributed by atoms with E-state index >= 15 is 0 Å². The lowest BCUT2D eigenvalue weighted by Gasteiger charge is -2.20. The molecule has 0 saturated heterocycles. The molecule has 0 fully saturated rings. The molecular formula is C23H21Br2N3OS. The highest BCUT2D eigenvalue weighted by molar-refractivity contribution is 9.13. The van der Waals surface area contributed by atoms with Gasteiger partial charge in [-0.2, -0.15) is 0 Å². The quantitative estimate of drug-likeness (QED) is 0.294. The number of halogens is 2. The van der Waals surface area contributed by atoms with Crippen LogP contribution in [0.3, 0.4) is 0 Å². The van der Waals surface area contributed by atoms with Gasteiger partial charge in [-0.05, 0) is 67.3 Å². The van der Waals surface area contributed by atoms with Crippen molar-refractivity contribution in [2.45, 2.75) is 5.92 Å². The normalized spacial score (nSPS) is 12.1. The molecule has 154 valence electrons. The average Bonchev–Trinajstić information content (AvgIpc) is 3.32. The van der Waals surface area contributed by atoms with Crippen LogP contribution in [0.2, 0.25) is 0 Å². The molecule has 1 atom stereocenters. The number of thiophene rings is 1. The van der Waals surface area contributed by atoms with E-state index in [0.717, 1.165) is 19.5 Å². The van der Waals surface area contributed by atoms with E-state index in [0.29, 0.717) is 11.4 Å². The van der Waals surface area contributed by atoms with E-state index in [4.69, 9.17) is 0 Å². The first-order valence-electron chi connectivity index (χ1n) is 9.50. The highest BCUT2D eigenvalue weighted by Gasteiger charge is 2.20. The minimum Gasteiger partial charge on any atom is -0.378 e. The number of carbonyl (C=O) groups is 1. The summed E-state index contributed by atoms with van der Waals surface area (Å²) >= 11 is 8.34. The van der Waals surface area contributed by atoms with Crippen LogP contribution >= 0.6 is 43.2 Å². The molecular weight excluding hydrogens is 526 g/mol. The predicted molar refractivity (Wildman–Crippen MR) is 133 cm³/mol. The van der Waals surface area contributed by atoms with Gasteiger partial charge in [0.2, 0.25) is 0 Å². The van der Waals surface area contributed by atoms with Gasteiger partial charge >= 0.3 is 0 Å². The Morgan fingerprint density at radius 1 is 1.13 bits per heavy atom. The highest BCUT2D eigenvalue weighted by Crippen LogP contribution is 2.33. The standard InChI is InChI=1S/C23H21Br2N3OS/c1-28(2)15-9-7-14(8-10-15)17(18-13-26-20-6-4-3-5-16(18)20)12-27-23(29)21-11-19(24)22(25)30-21/h3-11,13,17,26H,12H2,1-2H3,(H,27,29)/t17-/m0/s1. The summed E-state index contributed by atoms with van der Waals surface area (Å²) < 4.78 is 1.81. The minimum atomic E-state index is -0.0684. The van der Waals surface area contributed by atoms with Gasteiger partial charge in [-0.25, -0.2) is 0 Å². The average molecular weight is 547 g/mol. The van der Waals surface area contributed by atoms with Gasteiger partial charge in [0.1, 0.15) is 0 Å². The third-order valence-electron chi connectivity index (χ3n) is 5.14. The summed E-state index contributed by atoms with van der Waals surface area (Å²) in [5, 5.41) is 4.31. The summed E-state index contributed by atoms with van der Waals surface area (Å²) in [5.41, 5.74) is 4.59. The predicted octanol–water partition coefficient (Wildman–Crippen LogP) is 6.38. The highest BCUT2D eigenvalue weighted by atomic mass is 79.9. The van der Waals surface area contributed by atoms with E-state index in [1.165, 1.54) is 27.8 Å². The second-order valence-electron chi connectivity index (χ2n) is 7.27. The van der Waals surface area contributed by atoms with Crippen molar-refractivity contribution in [3.63, 3.8) is 0 Å². The zero-order chi connectivity index (χ0) is 21.3. The molecule has 7 heteroatoms. The van der Waals surface area contributed by atoms with Crippen molar-refractivity contribution in [2.75, 3.05) is 25.5 Å². The molecule has 2 N–H and O–H groups in total. The van der Waals surface area contributed by atoms with E-state index in [1.807, 2.05) is 32.3 Å². The van der Waals surface area contributed by atoms with Gasteiger partial charge in [-0.15, -0.1) is 11.3 Å². The van der Waals surface area contributed by atoms with E-state index in [9.17, 15) is 4.79 Å². The van der Waals surface area contributed by atoms with Crippen LogP contribution < -0.4 is 10.2 Å². The van der Waals surface area contributed by atoms with Crippen molar-refractivity contribution in [1.82, 2.24) is 10.3 Å². The van der Waals surface area contributed by atoms with E-state index in [-0.39, 0.29) is 11.8 Å². The molecule has 0 aliphatic heterocycles. The number of nitrogens with one attached hydrogen (secondary N) is 2. The van der Waals surface area contributed by atoms with E-state index in [1.54, 1.807) is 0 Å². The molecule has 2 aromatic heterocycles. The molecule has 0 bridgehead atoms. The Morgan fingerprint density at radius 2 is 1.87 bits per heavy atom. The maximum absolute atomic E-state index is 12.8. The number of amides is 1. The molecule has 4 rings (SSSR count). The molecule has 4 nitrogen and oxygen atoms in total. The van der Waals surface area contributed by atoms with Crippen LogP contribution in [-0.4, -0.2) is 31.5 Å². The van der Waals surface area contributed by atoms with Crippen molar-refractivity contribution in [2.24, 2.45) is 0 Å². The summed E-state index contributed by atoms with van der Waals surface area (Å²) in [6, 6.07) is 18.6. The molecule has 0 unspecified atom stereocenters. The summed E-state index contributed by atoms with van der Waals surface area (Å²) in [6.07, 6.45) is 2.06. The Labute approximate surface area is 196 Å². The van der Waals surface area contributed by atoms with Gasteiger partial charge in [0.05, 0.1) is 8.66 Å². The first-order chi connectivity index (χ1) is 14.4. The maximum Gasteiger partial charge on any atom is 0.261 e. The smallest absolute Gasteiger partial charge is 0.261 e. The molecule has 0 saturated carbocycles. The van der Waals surface area contributed by atoms with Crippen molar-refractivity contribution in [3.8, 4) is 0 Å². The van der Waals surface area contributed by atoms with Gasteiger partial charge in [0, 0.05) is 53.8 Å². The first-order valence-corrected chi connectivity index (χ1v) is 11.9. The summed E-state index contributed by atoms with van der Waals surface area (Å²) in [5.74, 6) is -0.0330. The number of anilines is 1. The van der Waals surface area contributed by atoms with Crippen molar-refractivity contribution in [1.29, 1.82) is 0 Å². The van der Waals surface area contributed by atoms with Crippen molar-refractivity contribution < 1.29 is 4.79 Å². The lowest BCUT2D eigenvalue weighted by Crippen LogP contribution is -2.28. The fourth-order valence-corrected chi connectivity index (χ4v) is 5.49. The summed E-state index contributed by atoms with van der Waals surface area (Å²) in [4.78, 5) is 18.9. The monoisotopic (exact) mass is 545 g/mol. The minimum absolute atomic E-state index is 0.0353. The van der Waals surface area contributed by atoms with Crippen LogP contribution in [0.15, 0.2) is 69.1 Å². The molecule has 1 amide bonds. The number of para-hydroxylation sites is 1. The maximum atomic E-state index is 12.8. The largest absolute Gasteiger partial charge is 0.378 e. The summed E-state index contributed by atoms with van der Waals surface area (Å²) in [6.45, 7) is 0.509. The van der Waals surface area contributed by atoms with Gasteiger partial charge in [0.15, 0.2) is 0 Å². The fraction of sp³-hybridized carbons (Fsp3) is 0.174. The number of aromatic amines is 1. The van der Waals surface area contributed by atoms with Gasteiger partial charge in [-0.3, -0.25) is 4.79 Å². The number of aromatic nitrogens is 1. The third kappa shape index (κ3) is 4.33. The molecule has 2 aromatic carbocycles.